The van der Waals surface area contributed by atoms with Gasteiger partial charge in [0.25, 0.3) is 0 Å². The van der Waals surface area contributed by atoms with Crippen LogP contribution in [0.3, 0.4) is 0 Å². The van der Waals surface area contributed by atoms with Crippen LogP contribution in [0.4, 0.5) is 29.3 Å². The molecule has 1 N–H and O–H groups in total. The van der Waals surface area contributed by atoms with Crippen molar-refractivity contribution >= 4 is 23.3 Å². The predicted molar refractivity (Wildman–Crippen MR) is 148 cm³/mol. The molecule has 9 heteroatoms. The summed E-state index contributed by atoms with van der Waals surface area (Å²) in [6, 6.07) is 24.6. The average molecular weight is 547 g/mol. The van der Waals surface area contributed by atoms with Crippen molar-refractivity contribution in [3.8, 4) is 5.69 Å². The fourth-order valence-corrected chi connectivity index (χ4v) is 5.09. The number of hydrogen-bond acceptors (Lipinski definition) is 2. The number of anilines is 2. The minimum atomic E-state index is -4.64. The highest BCUT2D eigenvalue weighted by Crippen LogP contribution is 2.42. The zero-order valence-electron chi connectivity index (χ0n) is 21.9. The molecule has 0 bridgehead atoms. The molecule has 0 saturated carbocycles. The lowest BCUT2D eigenvalue weighted by Gasteiger charge is -2.39. The number of carbonyl (C=O) groups excluding carboxylic acids is 2. The van der Waals surface area contributed by atoms with Crippen LogP contribution in [0.1, 0.15) is 42.6 Å². The van der Waals surface area contributed by atoms with E-state index in [9.17, 15) is 22.8 Å². The van der Waals surface area contributed by atoms with Gasteiger partial charge in [-0.25, -0.2) is 4.79 Å². The Balaban J connectivity index is 1.49. The highest BCUT2D eigenvalue weighted by molar-refractivity contribution is 6.01. The van der Waals surface area contributed by atoms with E-state index in [1.54, 1.807) is 4.90 Å². The summed E-state index contributed by atoms with van der Waals surface area (Å²) in [4.78, 5) is 30.5. The Morgan fingerprint density at radius 2 is 1.55 bits per heavy atom. The van der Waals surface area contributed by atoms with Gasteiger partial charge in [0.1, 0.15) is 12.6 Å². The molecule has 0 fully saturated rings. The van der Waals surface area contributed by atoms with Gasteiger partial charge < -0.3 is 14.8 Å². The number of hydrogen-bond donors (Lipinski definition) is 1. The molecule has 3 aromatic carbocycles. The van der Waals surface area contributed by atoms with Gasteiger partial charge >= 0.3 is 12.2 Å². The molecule has 0 radical (unpaired) electrons. The van der Waals surface area contributed by atoms with Crippen LogP contribution in [-0.2, 0) is 11.0 Å². The summed E-state index contributed by atoms with van der Waals surface area (Å²) in [5, 5.41) is 2.40. The molecule has 1 aromatic heterocycles. The third-order valence-corrected chi connectivity index (χ3v) is 6.97. The van der Waals surface area contributed by atoms with Crippen LogP contribution < -0.4 is 10.2 Å². The molecular formula is C31H29F3N4O2. The van der Waals surface area contributed by atoms with Crippen molar-refractivity contribution in [3.63, 3.8) is 0 Å². The van der Waals surface area contributed by atoms with Gasteiger partial charge in [-0.3, -0.25) is 9.69 Å². The normalized spacial score (nSPS) is 14.3. The Labute approximate surface area is 230 Å². The average Bonchev–Trinajstić information content (AvgIpc) is 3.44. The zero-order valence-corrected chi connectivity index (χ0v) is 21.9. The number of alkyl halides is 3. The van der Waals surface area contributed by atoms with E-state index < -0.39 is 23.8 Å². The van der Waals surface area contributed by atoms with Crippen LogP contribution in [0.5, 0.6) is 0 Å². The Morgan fingerprint density at radius 3 is 2.27 bits per heavy atom. The maximum absolute atomic E-state index is 14.1. The van der Waals surface area contributed by atoms with Crippen molar-refractivity contribution in [2.75, 3.05) is 23.3 Å². The van der Waals surface area contributed by atoms with Gasteiger partial charge in [0.2, 0.25) is 5.91 Å². The second kappa shape index (κ2) is 11.3. The summed E-state index contributed by atoms with van der Waals surface area (Å²) < 4.78 is 42.8. The van der Waals surface area contributed by atoms with E-state index in [1.807, 2.05) is 84.4 Å². The number of benzene rings is 3. The maximum Gasteiger partial charge on any atom is 0.418 e. The molecule has 1 unspecified atom stereocenters. The molecule has 0 aliphatic carbocycles. The molecule has 3 amide bonds. The Kier molecular flexibility index (Phi) is 7.64. The molecule has 6 nitrogen and oxygen atoms in total. The fraction of sp³-hybridized carbons (Fsp3) is 0.226. The van der Waals surface area contributed by atoms with Crippen molar-refractivity contribution in [3.05, 3.63) is 114 Å². The number of halogens is 3. The molecule has 40 heavy (non-hydrogen) atoms. The van der Waals surface area contributed by atoms with Gasteiger partial charge in [0, 0.05) is 12.7 Å². The summed E-state index contributed by atoms with van der Waals surface area (Å²) in [5.41, 5.74) is 2.00. The van der Waals surface area contributed by atoms with Gasteiger partial charge in [-0.05, 0) is 48.4 Å². The molecule has 1 aliphatic rings. The van der Waals surface area contributed by atoms with Crippen molar-refractivity contribution in [2.24, 2.45) is 0 Å². The van der Waals surface area contributed by atoms with E-state index in [-0.39, 0.29) is 24.7 Å². The minimum Gasteiger partial charge on any atom is -0.316 e. The number of nitrogens with zero attached hydrogens (tertiary/aromatic N) is 3. The van der Waals surface area contributed by atoms with Crippen LogP contribution in [-0.4, -0.2) is 34.5 Å². The third-order valence-electron chi connectivity index (χ3n) is 6.97. The first-order valence-electron chi connectivity index (χ1n) is 13.2. The van der Waals surface area contributed by atoms with Crippen molar-refractivity contribution in [2.45, 2.75) is 32.0 Å². The number of rotatable bonds is 7. The van der Waals surface area contributed by atoms with E-state index in [2.05, 4.69) is 5.32 Å². The molecule has 2 heterocycles. The topological polar surface area (TPSA) is 57.6 Å². The molecule has 206 valence electrons. The first-order valence-corrected chi connectivity index (χ1v) is 13.2. The van der Waals surface area contributed by atoms with E-state index in [1.165, 1.54) is 23.1 Å². The van der Waals surface area contributed by atoms with Crippen molar-refractivity contribution < 1.29 is 22.8 Å². The number of para-hydroxylation sites is 3. The summed E-state index contributed by atoms with van der Waals surface area (Å²) in [5.74, 6) is -0.343. The lowest BCUT2D eigenvalue weighted by atomic mass is 9.97. The van der Waals surface area contributed by atoms with Gasteiger partial charge in [-0.15, -0.1) is 0 Å². The quantitative estimate of drug-likeness (QED) is 0.265. The first kappa shape index (κ1) is 27.1. The summed E-state index contributed by atoms with van der Waals surface area (Å²) >= 11 is 0. The van der Waals surface area contributed by atoms with Crippen LogP contribution in [0.2, 0.25) is 0 Å². The largest absolute Gasteiger partial charge is 0.418 e. The van der Waals surface area contributed by atoms with Crippen molar-refractivity contribution in [1.82, 2.24) is 9.47 Å². The summed E-state index contributed by atoms with van der Waals surface area (Å²) in [7, 11) is 0. The smallest absolute Gasteiger partial charge is 0.316 e. The van der Waals surface area contributed by atoms with E-state index >= 15 is 0 Å². The minimum absolute atomic E-state index is 0.212. The maximum atomic E-state index is 14.1. The number of amides is 3. The summed E-state index contributed by atoms with van der Waals surface area (Å²) in [6.07, 6.45) is -1.36. The van der Waals surface area contributed by atoms with Crippen LogP contribution in [0.25, 0.3) is 5.69 Å². The van der Waals surface area contributed by atoms with Crippen molar-refractivity contribution in [1.29, 1.82) is 0 Å². The SMILES string of the molecule is CCCCN(CC(=O)N1c2ccccc2-n2cccc2C1c1ccccc1)C(=O)Nc1ccccc1C(F)(F)F. The molecule has 0 spiro atoms. The first-order chi connectivity index (χ1) is 19.3. The van der Waals surface area contributed by atoms with E-state index in [4.69, 9.17) is 0 Å². The van der Waals surface area contributed by atoms with Crippen LogP contribution in [0, 0.1) is 0 Å². The molecule has 0 saturated heterocycles. The molecule has 4 aromatic rings. The zero-order chi connectivity index (χ0) is 28.3. The van der Waals surface area contributed by atoms with Gasteiger partial charge in [-0.2, -0.15) is 13.2 Å². The summed E-state index contributed by atoms with van der Waals surface area (Å²) in [6.45, 7) is 1.85. The Bertz CT molecular complexity index is 1500. The molecule has 5 rings (SSSR count). The standard InChI is InChI=1S/C31H29F3N4O2/c1-2-3-19-36(30(40)35-24-15-8-7-14-23(24)31(32,33)34)21-28(39)38-26-17-10-9-16-25(26)37-20-11-18-27(37)29(38)22-12-5-4-6-13-22/h4-18,20,29H,2-3,19,21H2,1H3,(H,35,40). The van der Waals surface area contributed by atoms with Gasteiger partial charge in [-0.1, -0.05) is 67.9 Å². The highest BCUT2D eigenvalue weighted by atomic mass is 19.4. The predicted octanol–water partition coefficient (Wildman–Crippen LogP) is 7.27. The number of carbonyl (C=O) groups is 2. The number of fused-ring (bicyclic) bond motifs is 3. The van der Waals surface area contributed by atoms with Gasteiger partial charge in [0.05, 0.1) is 28.3 Å². The van der Waals surface area contributed by atoms with E-state index in [0.29, 0.717) is 12.1 Å². The molecule has 1 atom stereocenters. The lowest BCUT2D eigenvalue weighted by Crippen LogP contribution is -2.48. The van der Waals surface area contributed by atoms with Gasteiger partial charge in [0.15, 0.2) is 0 Å². The fourth-order valence-electron chi connectivity index (χ4n) is 5.09. The third kappa shape index (κ3) is 5.32. The second-order valence-corrected chi connectivity index (χ2v) is 9.62. The number of nitrogens with one attached hydrogen (secondary N) is 1. The van der Waals surface area contributed by atoms with Crippen LogP contribution >= 0.6 is 0 Å². The second-order valence-electron chi connectivity index (χ2n) is 9.62. The Hall–Kier alpha value is -4.53. The van der Waals surface area contributed by atoms with Crippen LogP contribution in [0.15, 0.2) is 97.2 Å². The monoisotopic (exact) mass is 546 g/mol. The molecule has 1 aliphatic heterocycles. The Morgan fingerprint density at radius 1 is 0.875 bits per heavy atom. The number of unbranched alkanes of at least 4 members (excludes halogenated alkanes) is 1. The number of urea groups is 1. The lowest BCUT2D eigenvalue weighted by molar-refractivity contribution is -0.137. The number of aromatic nitrogens is 1. The van der Waals surface area contributed by atoms with E-state index in [0.717, 1.165) is 29.4 Å². The molecular weight excluding hydrogens is 517 g/mol. The highest BCUT2D eigenvalue weighted by Gasteiger charge is 2.37.